The van der Waals surface area contributed by atoms with Crippen LogP contribution in [0.5, 0.6) is 0 Å². The molecule has 1 amide bonds. The number of rotatable bonds is 4. The zero-order valence-corrected chi connectivity index (χ0v) is 13.8. The van der Waals surface area contributed by atoms with Gasteiger partial charge in [-0.15, -0.1) is 11.8 Å². The summed E-state index contributed by atoms with van der Waals surface area (Å²) in [7, 11) is 0. The molecule has 1 aliphatic carbocycles. The number of amides is 1. The van der Waals surface area contributed by atoms with E-state index in [0.29, 0.717) is 12.8 Å². The van der Waals surface area contributed by atoms with Gasteiger partial charge in [0, 0.05) is 16.8 Å². The van der Waals surface area contributed by atoms with Crippen molar-refractivity contribution in [2.75, 3.05) is 11.6 Å². The number of anilines is 1. The van der Waals surface area contributed by atoms with E-state index in [1.807, 2.05) is 44.4 Å². The van der Waals surface area contributed by atoms with Crippen molar-refractivity contribution in [3.63, 3.8) is 0 Å². The number of hydrogen-bond acceptors (Lipinski definition) is 4. The molecule has 0 aliphatic heterocycles. The van der Waals surface area contributed by atoms with Gasteiger partial charge >= 0.3 is 0 Å². The van der Waals surface area contributed by atoms with Gasteiger partial charge in [0.15, 0.2) is 0 Å². The Morgan fingerprint density at radius 2 is 1.73 bits per heavy atom. The number of allylic oxidation sites excluding steroid dienone is 2. The van der Waals surface area contributed by atoms with Crippen LogP contribution in [-0.4, -0.2) is 18.1 Å². The van der Waals surface area contributed by atoms with Crippen LogP contribution in [0.4, 0.5) is 5.69 Å². The number of carboxylic acid groups (broad SMARTS) is 1. The molecule has 1 aliphatic rings. The smallest absolute Gasteiger partial charge is 0.228 e. The van der Waals surface area contributed by atoms with Crippen LogP contribution in [0.3, 0.4) is 0 Å². The fourth-order valence-electron chi connectivity index (χ4n) is 2.79. The summed E-state index contributed by atoms with van der Waals surface area (Å²) in [5, 5.41) is 14.3. The molecule has 0 heterocycles. The summed E-state index contributed by atoms with van der Waals surface area (Å²) in [6.45, 7) is 3.87. The normalized spacial score (nSPS) is 21.6. The average molecular weight is 318 g/mol. The minimum absolute atomic E-state index is 0.248. The van der Waals surface area contributed by atoms with E-state index in [1.54, 1.807) is 0 Å². The fourth-order valence-corrected chi connectivity index (χ4v) is 3.34. The van der Waals surface area contributed by atoms with Crippen molar-refractivity contribution in [2.24, 2.45) is 11.8 Å². The highest BCUT2D eigenvalue weighted by molar-refractivity contribution is 7.98. The number of aliphatic carboxylic acids is 1. The third kappa shape index (κ3) is 3.53. The van der Waals surface area contributed by atoms with Crippen molar-refractivity contribution >= 4 is 29.3 Å². The molecule has 4 nitrogen and oxygen atoms in total. The Morgan fingerprint density at radius 1 is 1.14 bits per heavy atom. The first-order chi connectivity index (χ1) is 10.4. The largest absolute Gasteiger partial charge is 0.550 e. The summed E-state index contributed by atoms with van der Waals surface area (Å²) in [5.74, 6) is -2.73. The Balaban J connectivity index is 2.22. The Bertz CT molecular complexity index is 624. The highest BCUT2D eigenvalue weighted by Crippen LogP contribution is 2.35. The van der Waals surface area contributed by atoms with Gasteiger partial charge in [0.1, 0.15) is 0 Å². The number of para-hydroxylation sites is 1. The monoisotopic (exact) mass is 318 g/mol. The van der Waals surface area contributed by atoms with Crippen molar-refractivity contribution in [2.45, 2.75) is 31.6 Å². The number of carboxylic acids is 1. The number of carbonyl (C=O) groups excluding carboxylic acids is 2. The molecule has 0 aromatic heterocycles. The van der Waals surface area contributed by atoms with Crippen molar-refractivity contribution in [3.8, 4) is 0 Å². The van der Waals surface area contributed by atoms with Crippen molar-refractivity contribution < 1.29 is 14.7 Å². The van der Waals surface area contributed by atoms with E-state index in [9.17, 15) is 14.7 Å². The third-order valence-corrected chi connectivity index (χ3v) is 5.07. The molecule has 0 fully saturated rings. The van der Waals surface area contributed by atoms with E-state index >= 15 is 0 Å². The second kappa shape index (κ2) is 7.01. The van der Waals surface area contributed by atoms with Gasteiger partial charge in [0.25, 0.3) is 0 Å². The number of benzene rings is 1. The molecular weight excluding hydrogens is 298 g/mol. The predicted octanol–water partition coefficient (Wildman–Crippen LogP) is 2.46. The minimum atomic E-state index is -1.15. The lowest BCUT2D eigenvalue weighted by molar-refractivity contribution is -0.313. The van der Waals surface area contributed by atoms with Gasteiger partial charge in [-0.05, 0) is 45.1 Å². The van der Waals surface area contributed by atoms with E-state index in [1.165, 1.54) is 11.8 Å². The molecule has 5 heteroatoms. The zero-order chi connectivity index (χ0) is 16.3. The standard InChI is InChI=1S/C17H21NO3S/c1-10-8-12(13(17(20)21)9-11(10)2)16(19)18-14-6-4-5-7-15(14)22-3/h4-7,12-13H,8-9H2,1-3H3,(H,18,19)(H,20,21)/p-1/t12-,13-/m0/s1. The first-order valence-electron chi connectivity index (χ1n) is 7.24. The van der Waals surface area contributed by atoms with Gasteiger partial charge in [-0.25, -0.2) is 0 Å². The lowest BCUT2D eigenvalue weighted by Crippen LogP contribution is -2.42. The maximum Gasteiger partial charge on any atom is 0.228 e. The highest BCUT2D eigenvalue weighted by Gasteiger charge is 2.33. The Morgan fingerprint density at radius 3 is 2.32 bits per heavy atom. The van der Waals surface area contributed by atoms with E-state index in [-0.39, 0.29) is 5.91 Å². The molecule has 0 saturated heterocycles. The van der Waals surface area contributed by atoms with Crippen molar-refractivity contribution in [1.29, 1.82) is 0 Å². The van der Waals surface area contributed by atoms with Gasteiger partial charge in [-0.2, -0.15) is 0 Å². The zero-order valence-electron chi connectivity index (χ0n) is 13.0. The van der Waals surface area contributed by atoms with E-state index < -0.39 is 17.8 Å². The molecule has 2 atom stereocenters. The number of carbonyl (C=O) groups is 2. The molecular formula is C17H20NO3S-. The minimum Gasteiger partial charge on any atom is -0.550 e. The average Bonchev–Trinajstić information content (AvgIpc) is 2.49. The highest BCUT2D eigenvalue weighted by atomic mass is 32.2. The summed E-state index contributed by atoms with van der Waals surface area (Å²) < 4.78 is 0. The third-order valence-electron chi connectivity index (χ3n) is 4.27. The Hall–Kier alpha value is -1.75. The first kappa shape index (κ1) is 16.6. The SMILES string of the molecule is CSc1ccccc1NC(=O)[C@H]1CC(C)=C(C)C[C@@H]1C(=O)[O-]. The number of thioether (sulfide) groups is 1. The summed E-state index contributed by atoms with van der Waals surface area (Å²) in [6, 6.07) is 7.51. The molecule has 0 bridgehead atoms. The van der Waals surface area contributed by atoms with Crippen LogP contribution in [0.15, 0.2) is 40.3 Å². The molecule has 22 heavy (non-hydrogen) atoms. The Labute approximate surface area is 135 Å². The number of hydrogen-bond donors (Lipinski definition) is 1. The topological polar surface area (TPSA) is 69.2 Å². The Kier molecular flexibility index (Phi) is 5.29. The lowest BCUT2D eigenvalue weighted by Gasteiger charge is -2.32. The maximum atomic E-state index is 12.6. The molecule has 0 saturated carbocycles. The second-order valence-corrected chi connectivity index (χ2v) is 6.54. The first-order valence-corrected chi connectivity index (χ1v) is 8.46. The molecule has 0 radical (unpaired) electrons. The summed E-state index contributed by atoms with van der Waals surface area (Å²) in [6.07, 6.45) is 2.79. The van der Waals surface area contributed by atoms with E-state index in [4.69, 9.17) is 0 Å². The molecule has 0 unspecified atom stereocenters. The van der Waals surface area contributed by atoms with Gasteiger partial charge in [0.2, 0.25) is 5.91 Å². The summed E-state index contributed by atoms with van der Waals surface area (Å²) in [5.41, 5.74) is 2.86. The molecule has 118 valence electrons. The lowest BCUT2D eigenvalue weighted by atomic mass is 9.76. The van der Waals surface area contributed by atoms with E-state index in [0.717, 1.165) is 21.7 Å². The van der Waals surface area contributed by atoms with Crippen LogP contribution in [0.2, 0.25) is 0 Å². The molecule has 0 spiro atoms. The van der Waals surface area contributed by atoms with Crippen LogP contribution in [0, 0.1) is 11.8 Å². The van der Waals surface area contributed by atoms with Crippen LogP contribution in [0.1, 0.15) is 26.7 Å². The second-order valence-electron chi connectivity index (χ2n) is 5.69. The molecule has 1 aromatic rings. The quantitative estimate of drug-likeness (QED) is 0.684. The van der Waals surface area contributed by atoms with Crippen molar-refractivity contribution in [1.82, 2.24) is 0 Å². The van der Waals surface area contributed by atoms with Crippen LogP contribution in [-0.2, 0) is 9.59 Å². The predicted molar refractivity (Wildman–Crippen MR) is 86.4 cm³/mol. The van der Waals surface area contributed by atoms with Gasteiger partial charge in [0.05, 0.1) is 11.6 Å². The van der Waals surface area contributed by atoms with Crippen LogP contribution < -0.4 is 10.4 Å². The fraction of sp³-hybridized carbons (Fsp3) is 0.412. The van der Waals surface area contributed by atoms with Gasteiger partial charge in [-0.3, -0.25) is 4.79 Å². The van der Waals surface area contributed by atoms with Crippen LogP contribution >= 0.6 is 11.8 Å². The van der Waals surface area contributed by atoms with E-state index in [2.05, 4.69) is 5.32 Å². The summed E-state index contributed by atoms with van der Waals surface area (Å²) in [4.78, 5) is 24.9. The summed E-state index contributed by atoms with van der Waals surface area (Å²) >= 11 is 1.54. The van der Waals surface area contributed by atoms with Gasteiger partial charge < -0.3 is 15.2 Å². The van der Waals surface area contributed by atoms with Gasteiger partial charge in [-0.1, -0.05) is 23.3 Å². The van der Waals surface area contributed by atoms with Crippen LogP contribution in [0.25, 0.3) is 0 Å². The molecule has 1 aromatic carbocycles. The molecule has 2 rings (SSSR count). The van der Waals surface area contributed by atoms with Crippen molar-refractivity contribution in [3.05, 3.63) is 35.4 Å². The molecule has 1 N–H and O–H groups in total. The number of nitrogens with one attached hydrogen (secondary N) is 1. The maximum absolute atomic E-state index is 12.6.